The maximum atomic E-state index is 15.7. The number of aliphatic hydroxyl groups is 6. The van der Waals surface area contributed by atoms with E-state index in [9.17, 15) is 45.0 Å². The van der Waals surface area contributed by atoms with Crippen molar-refractivity contribution in [2.75, 3.05) is 0 Å². The van der Waals surface area contributed by atoms with Gasteiger partial charge in [0.15, 0.2) is 16.8 Å². The number of carbonyl (C=O) groups excluding carboxylic acids is 3. The molecular weight excluding hydrogens is 1210 g/mol. The van der Waals surface area contributed by atoms with Gasteiger partial charge in [-0.15, -0.1) is 0 Å². The second-order valence-electron chi connectivity index (χ2n) is 29.6. The molecule has 0 spiro atoms. The van der Waals surface area contributed by atoms with E-state index in [1.165, 1.54) is 154 Å². The molecule has 0 aliphatic rings. The van der Waals surface area contributed by atoms with E-state index in [4.69, 9.17) is 13.6 Å². The van der Waals surface area contributed by atoms with E-state index in [1.54, 1.807) is 0 Å². The number of unbranched alkanes of at least 4 members (excludes halogenated alkanes) is 54. The van der Waals surface area contributed by atoms with Gasteiger partial charge in [-0.2, -0.15) is 4.57 Å². The van der Waals surface area contributed by atoms with Crippen molar-refractivity contribution < 1.29 is 63.2 Å². The zero-order valence-corrected chi connectivity index (χ0v) is 64.3. The minimum absolute atomic E-state index is 0.00272. The van der Waals surface area contributed by atoms with Crippen LogP contribution in [0.15, 0.2) is 0 Å². The van der Waals surface area contributed by atoms with Gasteiger partial charge in [-0.3, -0.25) is 0 Å². The molecule has 14 heteroatoms. The molecule has 0 aliphatic heterocycles. The molecule has 0 aromatic rings. The van der Waals surface area contributed by atoms with Crippen LogP contribution in [0.1, 0.15) is 465 Å². The first-order chi connectivity index (χ1) is 46.0. The molecule has 13 nitrogen and oxygen atoms in total. The Morgan fingerprint density at radius 1 is 0.242 bits per heavy atom. The number of hydrogen-bond donors (Lipinski definition) is 6. The third-order valence-corrected chi connectivity index (χ3v) is 21.7. The van der Waals surface area contributed by atoms with Gasteiger partial charge in [-0.05, 0) is 57.8 Å². The number of rotatable bonds is 75. The molecule has 0 saturated heterocycles. The predicted octanol–water partition coefficient (Wildman–Crippen LogP) is 23.9. The molecule has 0 radical (unpaired) electrons. The first-order valence-electron chi connectivity index (χ1n) is 41.5. The summed E-state index contributed by atoms with van der Waals surface area (Å²) < 4.78 is 32.6. The first-order valence-corrected chi connectivity index (χ1v) is 43.0. The Bertz CT molecular complexity index is 1570. The Morgan fingerprint density at radius 2 is 0.368 bits per heavy atom. The van der Waals surface area contributed by atoms with Crippen molar-refractivity contribution in [2.24, 2.45) is 0 Å². The molecule has 0 aliphatic carbocycles. The smallest absolute Gasteiger partial charge is 0.389 e. The minimum atomic E-state index is -6.02. The highest BCUT2D eigenvalue weighted by atomic mass is 31.2. The lowest BCUT2D eigenvalue weighted by Gasteiger charge is -2.35. The maximum Gasteiger partial charge on any atom is 0.654 e. The number of carbonyl (C=O) groups is 3. The van der Waals surface area contributed by atoms with Crippen LogP contribution in [0, 0.1) is 0 Å². The SMILES string of the molecule is CCCCCCCCCCCCC(O)C(O)(CCCCCCCCCCCC)C(=O)OP(=O)(OC(=O)C(O)(CCCCCCCCCCCC)C(O)CCCCCCCCCCCC)OC(=O)C(O)(CCCCCCCCCCCC)C(O)CCCCCCCCCCCC. The Hall–Kier alpha value is -1.60. The topological polar surface area (TPSA) is 217 Å². The summed E-state index contributed by atoms with van der Waals surface area (Å²) in [7, 11) is -6.02. The zero-order chi connectivity index (χ0) is 70.3. The van der Waals surface area contributed by atoms with Crippen LogP contribution in [0.3, 0.4) is 0 Å². The summed E-state index contributed by atoms with van der Waals surface area (Å²) in [6.07, 6.45) is 53.5. The third kappa shape index (κ3) is 48.8. The second kappa shape index (κ2) is 64.5. The molecule has 0 fully saturated rings. The summed E-state index contributed by atoms with van der Waals surface area (Å²) in [5, 5.41) is 73.8. The highest BCUT2D eigenvalue weighted by Crippen LogP contribution is 2.54. The van der Waals surface area contributed by atoms with E-state index in [2.05, 4.69) is 41.5 Å². The van der Waals surface area contributed by atoms with Gasteiger partial charge in [-0.1, -0.05) is 408 Å². The van der Waals surface area contributed by atoms with Gasteiger partial charge in [-0.25, -0.2) is 14.4 Å². The number of phosphoric ester groups is 1. The van der Waals surface area contributed by atoms with E-state index >= 15 is 4.57 Å². The molecule has 0 rings (SSSR count). The third-order valence-electron chi connectivity index (χ3n) is 20.5. The van der Waals surface area contributed by atoms with Gasteiger partial charge < -0.3 is 44.2 Å². The fourth-order valence-corrected chi connectivity index (χ4v) is 14.8. The summed E-state index contributed by atoms with van der Waals surface area (Å²) in [5.41, 5.74) is -8.09. The van der Waals surface area contributed by atoms with E-state index in [0.29, 0.717) is 38.5 Å². The summed E-state index contributed by atoms with van der Waals surface area (Å²) in [6, 6.07) is 0. The molecule has 0 aromatic carbocycles. The Kier molecular flexibility index (Phi) is 63.4. The van der Waals surface area contributed by atoms with Gasteiger partial charge in [0.1, 0.15) is 0 Å². The average molecular weight is 1370 g/mol. The monoisotopic (exact) mass is 1370 g/mol. The standard InChI is InChI=1S/C81H159O13P/c1-7-13-19-25-31-37-43-49-55-61-67-73(82)79(88,70-64-58-52-46-40-34-28-22-16-10-4)76(85)92-95(91,93-77(86)80(89,71-65-59-53-47-41-35-29-23-17-11-5)74(83)68-62-56-50-44-38-32-26-20-14-8-2)94-78(87)81(90,72-66-60-54-48-42-36-30-24-18-12-6)75(84)69-63-57-51-45-39-33-27-21-15-9-3/h73-75,82-84,88-90H,7-72H2,1-6H3. The van der Waals surface area contributed by atoms with Crippen LogP contribution in [-0.2, 0) is 32.5 Å². The van der Waals surface area contributed by atoms with E-state index < -0.39 is 60.8 Å². The normalized spacial score (nSPS) is 15.4. The van der Waals surface area contributed by atoms with Crippen LogP contribution in [-0.4, -0.2) is 83.7 Å². The van der Waals surface area contributed by atoms with Gasteiger partial charge in [0.25, 0.3) is 0 Å². The highest BCUT2D eigenvalue weighted by molar-refractivity contribution is 7.50. The zero-order valence-electron chi connectivity index (χ0n) is 63.4. The lowest BCUT2D eigenvalue weighted by Crippen LogP contribution is -2.53. The molecule has 0 heterocycles. The number of hydrogen-bond acceptors (Lipinski definition) is 13. The molecule has 0 aromatic heterocycles. The van der Waals surface area contributed by atoms with Gasteiger partial charge >= 0.3 is 25.7 Å². The lowest BCUT2D eigenvalue weighted by atomic mass is 9.87. The van der Waals surface area contributed by atoms with Crippen LogP contribution in [0.2, 0.25) is 0 Å². The number of phosphoric acid groups is 1. The van der Waals surface area contributed by atoms with Crippen molar-refractivity contribution in [1.29, 1.82) is 0 Å². The molecule has 0 bridgehead atoms. The maximum absolute atomic E-state index is 15.7. The molecule has 0 saturated carbocycles. The van der Waals surface area contributed by atoms with Crippen LogP contribution in [0.5, 0.6) is 0 Å². The van der Waals surface area contributed by atoms with E-state index in [0.717, 1.165) is 173 Å². The van der Waals surface area contributed by atoms with Crippen LogP contribution in [0.25, 0.3) is 0 Å². The summed E-state index contributed by atoms with van der Waals surface area (Å²) >= 11 is 0. The average Bonchev–Trinajstić information content (AvgIpc) is 0.833. The van der Waals surface area contributed by atoms with Crippen molar-refractivity contribution in [1.82, 2.24) is 0 Å². The van der Waals surface area contributed by atoms with Crippen molar-refractivity contribution >= 4 is 25.7 Å². The Labute approximate surface area is 586 Å². The molecular formula is C81H159O13P. The summed E-state index contributed by atoms with van der Waals surface area (Å²) in [4.78, 5) is 45.0. The molecule has 95 heavy (non-hydrogen) atoms. The fraction of sp³-hybridized carbons (Fsp3) is 0.963. The number of aliphatic hydroxyl groups excluding tert-OH is 3. The lowest BCUT2D eigenvalue weighted by molar-refractivity contribution is -0.183. The van der Waals surface area contributed by atoms with Gasteiger partial charge in [0.2, 0.25) is 0 Å². The van der Waals surface area contributed by atoms with E-state index in [-0.39, 0.29) is 57.8 Å². The Morgan fingerprint density at radius 3 is 0.516 bits per heavy atom. The van der Waals surface area contributed by atoms with Gasteiger partial charge in [0.05, 0.1) is 18.3 Å². The summed E-state index contributed by atoms with van der Waals surface area (Å²) in [5.74, 6) is -4.90. The van der Waals surface area contributed by atoms with Crippen LogP contribution >= 0.6 is 7.82 Å². The Balaban J connectivity index is 7.41. The largest absolute Gasteiger partial charge is 0.654 e. The van der Waals surface area contributed by atoms with Crippen molar-refractivity contribution in [3.8, 4) is 0 Å². The van der Waals surface area contributed by atoms with E-state index in [1.807, 2.05) is 0 Å². The van der Waals surface area contributed by atoms with Crippen molar-refractivity contribution in [2.45, 2.75) is 500 Å². The predicted molar refractivity (Wildman–Crippen MR) is 398 cm³/mol. The van der Waals surface area contributed by atoms with Crippen molar-refractivity contribution in [3.63, 3.8) is 0 Å². The van der Waals surface area contributed by atoms with Crippen LogP contribution < -0.4 is 0 Å². The van der Waals surface area contributed by atoms with Crippen LogP contribution in [0.4, 0.5) is 0 Å². The molecule has 0 amide bonds. The molecule has 6 atom stereocenters. The fourth-order valence-electron chi connectivity index (χ4n) is 13.6. The first kappa shape index (κ1) is 93.4. The minimum Gasteiger partial charge on any atom is -0.389 e. The summed E-state index contributed by atoms with van der Waals surface area (Å²) in [6.45, 7) is 13.2. The molecule has 6 N–H and O–H groups in total. The van der Waals surface area contributed by atoms with Crippen molar-refractivity contribution in [3.05, 3.63) is 0 Å². The highest BCUT2D eigenvalue weighted by Gasteiger charge is 2.56. The molecule has 6 unspecified atom stereocenters. The molecule has 566 valence electrons. The van der Waals surface area contributed by atoms with Gasteiger partial charge in [0, 0.05) is 0 Å². The quantitative estimate of drug-likeness (QED) is 0.0247. The second-order valence-corrected chi connectivity index (χ2v) is 31.1.